The van der Waals surface area contributed by atoms with Crippen molar-refractivity contribution < 1.29 is 9.53 Å². The van der Waals surface area contributed by atoms with Crippen LogP contribution in [0.1, 0.15) is 24.9 Å². The molecule has 4 rings (SSSR count). The summed E-state index contributed by atoms with van der Waals surface area (Å²) in [7, 11) is 0. The third-order valence-corrected chi connectivity index (χ3v) is 5.76. The Kier molecular flexibility index (Phi) is 6.84. The molecule has 1 aliphatic heterocycles. The predicted molar refractivity (Wildman–Crippen MR) is 121 cm³/mol. The lowest BCUT2D eigenvalue weighted by Gasteiger charge is -2.31. The number of ether oxygens (including phenoxy) is 1. The summed E-state index contributed by atoms with van der Waals surface area (Å²) in [6, 6.07) is 17.5. The number of aromatic nitrogens is 2. The molecule has 31 heavy (non-hydrogen) atoms. The van der Waals surface area contributed by atoms with E-state index in [1.807, 2.05) is 61.5 Å². The predicted octanol–water partition coefficient (Wildman–Crippen LogP) is 2.40. The van der Waals surface area contributed by atoms with Crippen molar-refractivity contribution in [1.82, 2.24) is 19.4 Å². The Morgan fingerprint density at radius 3 is 2.32 bits per heavy atom. The van der Waals surface area contributed by atoms with E-state index in [2.05, 4.69) is 10.2 Å². The fraction of sp³-hybridized carbons (Fsp3) is 0.417. The molecule has 3 aromatic rings. The van der Waals surface area contributed by atoms with Crippen LogP contribution in [0.3, 0.4) is 0 Å². The average molecular weight is 423 g/mol. The van der Waals surface area contributed by atoms with Crippen LogP contribution in [0.15, 0.2) is 59.4 Å². The van der Waals surface area contributed by atoms with Gasteiger partial charge in [0.05, 0.1) is 30.3 Å². The van der Waals surface area contributed by atoms with Gasteiger partial charge in [0.25, 0.3) is 0 Å². The SMILES string of the molecule is CCCn1c(=O)n(CC(=O)N[C@H](CN2CCOCC2)c2ccccc2)c2ccccc21. The van der Waals surface area contributed by atoms with Crippen molar-refractivity contribution >= 4 is 16.9 Å². The van der Waals surface area contributed by atoms with Gasteiger partial charge in [-0.1, -0.05) is 49.4 Å². The number of carbonyl (C=O) groups excluding carboxylic acids is 1. The van der Waals surface area contributed by atoms with Gasteiger partial charge in [-0.2, -0.15) is 0 Å². The van der Waals surface area contributed by atoms with Gasteiger partial charge in [-0.15, -0.1) is 0 Å². The van der Waals surface area contributed by atoms with Gasteiger partial charge in [-0.05, 0) is 24.1 Å². The monoisotopic (exact) mass is 422 g/mol. The van der Waals surface area contributed by atoms with Gasteiger partial charge in [0, 0.05) is 26.2 Å². The van der Waals surface area contributed by atoms with Crippen LogP contribution in [0.4, 0.5) is 0 Å². The molecular weight excluding hydrogens is 392 g/mol. The third kappa shape index (κ3) is 4.89. The number of hydrogen-bond donors (Lipinski definition) is 1. The molecule has 1 saturated heterocycles. The van der Waals surface area contributed by atoms with Crippen LogP contribution in [0.5, 0.6) is 0 Å². The first kappa shape index (κ1) is 21.3. The molecule has 1 aliphatic rings. The van der Waals surface area contributed by atoms with E-state index < -0.39 is 0 Å². The molecule has 0 saturated carbocycles. The van der Waals surface area contributed by atoms with E-state index in [-0.39, 0.29) is 24.2 Å². The van der Waals surface area contributed by atoms with Crippen molar-refractivity contribution in [2.24, 2.45) is 0 Å². The smallest absolute Gasteiger partial charge is 0.329 e. The van der Waals surface area contributed by atoms with Gasteiger partial charge in [0.15, 0.2) is 0 Å². The maximum Gasteiger partial charge on any atom is 0.329 e. The minimum Gasteiger partial charge on any atom is -0.379 e. The molecular formula is C24H30N4O3. The number of hydrogen-bond acceptors (Lipinski definition) is 4. The number of amides is 1. The second kappa shape index (κ2) is 9.94. The molecule has 0 spiro atoms. The summed E-state index contributed by atoms with van der Waals surface area (Å²) in [6.07, 6.45) is 0.857. The second-order valence-electron chi connectivity index (χ2n) is 7.95. The van der Waals surface area contributed by atoms with Crippen molar-refractivity contribution in [3.8, 4) is 0 Å². The Morgan fingerprint density at radius 1 is 1.00 bits per heavy atom. The zero-order chi connectivity index (χ0) is 21.6. The Bertz CT molecular complexity index is 1070. The molecule has 1 N–H and O–H groups in total. The maximum atomic E-state index is 13.1. The van der Waals surface area contributed by atoms with Crippen molar-refractivity contribution in [3.05, 3.63) is 70.6 Å². The van der Waals surface area contributed by atoms with Crippen LogP contribution >= 0.6 is 0 Å². The highest BCUT2D eigenvalue weighted by molar-refractivity contribution is 5.81. The third-order valence-electron chi connectivity index (χ3n) is 5.76. The van der Waals surface area contributed by atoms with Crippen LogP contribution < -0.4 is 11.0 Å². The minimum absolute atomic E-state index is 0.00249. The zero-order valence-electron chi connectivity index (χ0n) is 18.0. The van der Waals surface area contributed by atoms with Crippen LogP contribution in [-0.2, 0) is 22.6 Å². The summed E-state index contributed by atoms with van der Waals surface area (Å²) in [6.45, 7) is 6.52. The highest BCUT2D eigenvalue weighted by Crippen LogP contribution is 2.17. The molecule has 7 nitrogen and oxygen atoms in total. The largest absolute Gasteiger partial charge is 0.379 e. The van der Waals surface area contributed by atoms with E-state index >= 15 is 0 Å². The molecule has 164 valence electrons. The number of nitrogens with one attached hydrogen (secondary N) is 1. The van der Waals surface area contributed by atoms with Crippen molar-refractivity contribution in [2.45, 2.75) is 32.5 Å². The van der Waals surface area contributed by atoms with Crippen LogP contribution in [0, 0.1) is 0 Å². The lowest BCUT2D eigenvalue weighted by Crippen LogP contribution is -2.44. The van der Waals surface area contributed by atoms with Crippen molar-refractivity contribution in [3.63, 3.8) is 0 Å². The molecule has 0 aliphatic carbocycles. The number of fused-ring (bicyclic) bond motifs is 1. The second-order valence-corrected chi connectivity index (χ2v) is 7.95. The minimum atomic E-state index is -0.163. The van der Waals surface area contributed by atoms with E-state index in [1.54, 1.807) is 9.13 Å². The quantitative estimate of drug-likeness (QED) is 0.605. The van der Waals surface area contributed by atoms with Crippen LogP contribution in [-0.4, -0.2) is 52.8 Å². The van der Waals surface area contributed by atoms with Crippen LogP contribution in [0.25, 0.3) is 11.0 Å². The highest BCUT2D eigenvalue weighted by Gasteiger charge is 2.21. The Labute approximate surface area is 182 Å². The number of para-hydroxylation sites is 2. The number of rotatable bonds is 8. The van der Waals surface area contributed by atoms with Crippen molar-refractivity contribution in [2.75, 3.05) is 32.8 Å². The van der Waals surface area contributed by atoms with Gasteiger partial charge < -0.3 is 10.1 Å². The van der Waals surface area contributed by atoms with E-state index in [0.29, 0.717) is 26.3 Å². The van der Waals surface area contributed by atoms with Gasteiger partial charge in [0.2, 0.25) is 5.91 Å². The van der Waals surface area contributed by atoms with E-state index in [4.69, 9.17) is 4.74 Å². The first-order valence-electron chi connectivity index (χ1n) is 11.0. The molecule has 0 radical (unpaired) electrons. The summed E-state index contributed by atoms with van der Waals surface area (Å²) in [5, 5.41) is 3.17. The van der Waals surface area contributed by atoms with Crippen LogP contribution in [0.2, 0.25) is 0 Å². The number of benzene rings is 2. The zero-order valence-corrected chi connectivity index (χ0v) is 18.0. The van der Waals surface area contributed by atoms with Gasteiger partial charge in [-0.3, -0.25) is 18.8 Å². The maximum absolute atomic E-state index is 13.1. The molecule has 7 heteroatoms. The fourth-order valence-electron chi connectivity index (χ4n) is 4.21. The van der Waals surface area contributed by atoms with E-state index in [0.717, 1.165) is 36.1 Å². The van der Waals surface area contributed by atoms with Gasteiger partial charge in [-0.25, -0.2) is 4.79 Å². The summed E-state index contributed by atoms with van der Waals surface area (Å²) in [5.74, 6) is -0.163. The molecule has 1 aromatic heterocycles. The highest BCUT2D eigenvalue weighted by atomic mass is 16.5. The molecule has 1 atom stereocenters. The molecule has 1 amide bonds. The lowest BCUT2D eigenvalue weighted by atomic mass is 10.1. The molecule has 0 bridgehead atoms. The molecule has 1 fully saturated rings. The normalized spacial score (nSPS) is 15.8. The average Bonchev–Trinajstić information content (AvgIpc) is 3.06. The fourth-order valence-corrected chi connectivity index (χ4v) is 4.21. The summed E-state index contributed by atoms with van der Waals surface area (Å²) in [4.78, 5) is 28.4. The van der Waals surface area contributed by atoms with Crippen molar-refractivity contribution in [1.29, 1.82) is 0 Å². The van der Waals surface area contributed by atoms with Gasteiger partial charge >= 0.3 is 5.69 Å². The molecule has 2 heterocycles. The number of nitrogens with zero attached hydrogens (tertiary/aromatic N) is 3. The number of imidazole rings is 1. The Hall–Kier alpha value is -2.90. The van der Waals surface area contributed by atoms with E-state index in [9.17, 15) is 9.59 Å². The number of carbonyl (C=O) groups is 1. The molecule has 2 aromatic carbocycles. The first-order valence-corrected chi connectivity index (χ1v) is 11.0. The summed E-state index contributed by atoms with van der Waals surface area (Å²) >= 11 is 0. The van der Waals surface area contributed by atoms with E-state index in [1.165, 1.54) is 0 Å². The summed E-state index contributed by atoms with van der Waals surface area (Å²) < 4.78 is 8.79. The number of aryl methyl sites for hydroxylation is 1. The van der Waals surface area contributed by atoms with Gasteiger partial charge in [0.1, 0.15) is 6.54 Å². The topological polar surface area (TPSA) is 68.5 Å². The molecule has 0 unspecified atom stereocenters. The Morgan fingerprint density at radius 2 is 1.65 bits per heavy atom. The summed E-state index contributed by atoms with van der Waals surface area (Å²) in [5.41, 5.74) is 2.58. The number of morpholine rings is 1. The lowest BCUT2D eigenvalue weighted by molar-refractivity contribution is -0.122. The first-order chi connectivity index (χ1) is 15.2. The Balaban J connectivity index is 1.55. The standard InChI is InChI=1S/C24H30N4O3/c1-2-12-27-21-10-6-7-11-22(21)28(24(27)30)18-23(29)25-20(19-8-4-3-5-9-19)17-26-13-15-31-16-14-26/h3-11,20H,2,12-18H2,1H3,(H,25,29)/t20-/m1/s1.